The van der Waals surface area contributed by atoms with Crippen LogP contribution >= 0.6 is 17.0 Å². The molecule has 0 spiro atoms. The van der Waals surface area contributed by atoms with E-state index in [0.29, 0.717) is 0 Å². The number of rotatable bonds is 4. The third-order valence-corrected chi connectivity index (χ3v) is 11.0. The van der Waals surface area contributed by atoms with Crippen LogP contribution in [0.4, 0.5) is 0 Å². The number of halogens is 2. The van der Waals surface area contributed by atoms with Crippen LogP contribution in [-0.2, 0) is 31.7 Å². The summed E-state index contributed by atoms with van der Waals surface area (Å²) in [6.07, 6.45) is 0. The zero-order valence-electron chi connectivity index (χ0n) is 37.6. The van der Waals surface area contributed by atoms with Crippen LogP contribution in [0.1, 0.15) is 74.9 Å². The van der Waals surface area contributed by atoms with E-state index < -0.39 is 20.8 Å². The Morgan fingerprint density at radius 2 is 0.617 bits per heavy atom. The molecule has 0 nitrogen and oxygen atoms in total. The third kappa shape index (κ3) is 11.8. The van der Waals surface area contributed by atoms with E-state index in [-0.39, 0.29) is 10.8 Å². The number of hydrogen-bond donors (Lipinski definition) is 0. The second kappa shape index (κ2) is 20.9. The summed E-state index contributed by atoms with van der Waals surface area (Å²) in [4.78, 5) is 0. The van der Waals surface area contributed by atoms with Gasteiger partial charge in [0.25, 0.3) is 0 Å². The van der Waals surface area contributed by atoms with Gasteiger partial charge in [-0.1, -0.05) is 232 Å². The average Bonchev–Trinajstić information content (AvgIpc) is 3.87. The Morgan fingerprint density at radius 3 is 0.850 bits per heavy atom. The Kier molecular flexibility index (Phi) is 16.4. The van der Waals surface area contributed by atoms with Crippen molar-refractivity contribution in [2.24, 2.45) is 0 Å². The van der Waals surface area contributed by atoms with Crippen molar-refractivity contribution in [2.75, 3.05) is 0 Å². The molecule has 0 aliphatic carbocycles. The molecule has 306 valence electrons. The van der Waals surface area contributed by atoms with Crippen molar-refractivity contribution < 1.29 is 20.8 Å². The van der Waals surface area contributed by atoms with Crippen LogP contribution < -0.4 is 0 Å². The van der Waals surface area contributed by atoms with Crippen LogP contribution in [0.2, 0.25) is 13.1 Å². The molecular weight excluding hydrogens is 863 g/mol. The van der Waals surface area contributed by atoms with Gasteiger partial charge in [0.2, 0.25) is 0 Å². The fraction of sp³-hybridized carbons (Fsp3) is 0.250. The third-order valence-electron chi connectivity index (χ3n) is 11.0. The molecule has 0 aliphatic heterocycles. The van der Waals surface area contributed by atoms with Gasteiger partial charge < -0.3 is 0 Å². The van der Waals surface area contributed by atoms with Gasteiger partial charge in [-0.25, -0.2) is 0 Å². The predicted molar refractivity (Wildman–Crippen MR) is 266 cm³/mol. The second-order valence-corrected chi connectivity index (χ2v) is 22.7. The topological polar surface area (TPSA) is 0 Å². The van der Waals surface area contributed by atoms with E-state index in [9.17, 15) is 0 Å². The van der Waals surface area contributed by atoms with Gasteiger partial charge in [-0.15, -0.1) is 44.8 Å². The van der Waals surface area contributed by atoms with Gasteiger partial charge >= 0.3 is 37.9 Å². The molecule has 0 atom stereocenters. The van der Waals surface area contributed by atoms with Crippen molar-refractivity contribution in [1.29, 1.82) is 0 Å². The first kappa shape index (κ1) is 47.3. The molecule has 2 radical (unpaired) electrons. The van der Waals surface area contributed by atoms with Crippen LogP contribution in [0.3, 0.4) is 0 Å². The van der Waals surface area contributed by atoms with Gasteiger partial charge in [-0.3, -0.25) is 0 Å². The summed E-state index contributed by atoms with van der Waals surface area (Å²) in [5.74, 6) is 0. The summed E-state index contributed by atoms with van der Waals surface area (Å²) < 4.78 is 0. The van der Waals surface area contributed by atoms with Crippen LogP contribution in [-0.4, -0.2) is 9.52 Å². The fourth-order valence-corrected chi connectivity index (χ4v) is 7.41. The average molecular weight is 923 g/mol. The molecule has 8 aromatic carbocycles. The molecule has 0 heterocycles. The normalized spacial score (nSPS) is 11.2. The molecule has 60 heavy (non-hydrogen) atoms. The minimum absolute atomic E-state index is 0.133. The molecule has 8 rings (SSSR count). The first-order valence-electron chi connectivity index (χ1n) is 20.8. The van der Waals surface area contributed by atoms with Crippen molar-refractivity contribution in [3.05, 3.63) is 179 Å². The molecule has 0 amide bonds. The summed E-state index contributed by atoms with van der Waals surface area (Å²) in [5.41, 5.74) is 18.6. The van der Waals surface area contributed by atoms with Gasteiger partial charge in [0, 0.05) is 9.52 Å². The SMILES string of the molecule is C[Si]C.Cc1ccc(-c2ccc(-c3ccc(C)cc3)c3[cH-]c(C(C)(C)C)cc23)cc1.Cc1ccc(-c2ccc(-c3ccc(C)cc3)c3[cH-]c(C(C)(C)C)cc23)cc1.[Cl][Zr+2][Cl]. The Bertz CT molecular complexity index is 2240. The van der Waals surface area contributed by atoms with Crippen molar-refractivity contribution in [3.8, 4) is 44.5 Å². The molecule has 0 saturated heterocycles. The van der Waals surface area contributed by atoms with E-state index >= 15 is 0 Å². The van der Waals surface area contributed by atoms with E-state index in [1.807, 2.05) is 0 Å². The first-order chi connectivity index (χ1) is 28.5. The molecule has 4 heteroatoms. The molecule has 0 aliphatic rings. The van der Waals surface area contributed by atoms with Gasteiger partial charge in [0.05, 0.1) is 0 Å². The van der Waals surface area contributed by atoms with Crippen molar-refractivity contribution in [3.63, 3.8) is 0 Å². The predicted octanol–water partition coefficient (Wildman–Crippen LogP) is 17.8. The van der Waals surface area contributed by atoms with Crippen molar-refractivity contribution >= 4 is 48.1 Å². The zero-order valence-corrected chi connectivity index (χ0v) is 42.6. The maximum absolute atomic E-state index is 4.93. The molecule has 0 unspecified atom stereocenters. The quantitative estimate of drug-likeness (QED) is 0.122. The number of hydrogen-bond acceptors (Lipinski definition) is 0. The van der Waals surface area contributed by atoms with E-state index in [1.54, 1.807) is 0 Å². The monoisotopic (exact) mass is 920 g/mol. The Hall–Kier alpha value is -3.78. The Balaban J connectivity index is 0.000000201. The Labute approximate surface area is 382 Å². The zero-order chi connectivity index (χ0) is 43.8. The standard InChI is InChI=1S/2C27H27.C2H6Si.2ClH.Zr/c2*1-18-6-10-20(11-7-18)23-14-15-24(21-12-8-19(2)9-13-21)26-17-22(16-25(23)26)27(3,4)5;1-3-2;;;/h2*6-17H,1-5H3;1-2H3;2*1H;/q2*-1;;;;+4/p-2. The van der Waals surface area contributed by atoms with E-state index in [1.165, 1.54) is 99.4 Å². The summed E-state index contributed by atoms with van der Waals surface area (Å²) in [6, 6.07) is 54.2. The number of fused-ring (bicyclic) bond motifs is 2. The van der Waals surface area contributed by atoms with Crippen LogP contribution in [0, 0.1) is 27.7 Å². The molecule has 0 fully saturated rings. The summed E-state index contributed by atoms with van der Waals surface area (Å²) in [7, 11) is 11.0. The summed E-state index contributed by atoms with van der Waals surface area (Å²) in [6.45, 7) is 26.6. The number of aryl methyl sites for hydroxylation is 4. The van der Waals surface area contributed by atoms with E-state index in [4.69, 9.17) is 17.0 Å². The van der Waals surface area contributed by atoms with Crippen molar-refractivity contribution in [1.82, 2.24) is 0 Å². The molecule has 8 aromatic rings. The molecule has 0 N–H and O–H groups in total. The molecule has 0 aromatic heterocycles. The molecule has 0 saturated carbocycles. The molecular formula is C56H60Cl2SiZr. The van der Waals surface area contributed by atoms with Gasteiger partial charge in [0.15, 0.2) is 0 Å². The van der Waals surface area contributed by atoms with Crippen LogP contribution in [0.25, 0.3) is 66.1 Å². The van der Waals surface area contributed by atoms with E-state index in [0.717, 1.165) is 9.52 Å². The first-order valence-corrected chi connectivity index (χ1v) is 29.1. The summed E-state index contributed by atoms with van der Waals surface area (Å²) >= 11 is -0.826. The van der Waals surface area contributed by atoms with Crippen LogP contribution in [0.15, 0.2) is 146 Å². The number of benzene rings is 6. The van der Waals surface area contributed by atoms with Gasteiger partial charge in [-0.2, -0.15) is 12.1 Å². The minimum atomic E-state index is -0.826. The van der Waals surface area contributed by atoms with Crippen molar-refractivity contribution in [2.45, 2.75) is 93.2 Å². The summed E-state index contributed by atoms with van der Waals surface area (Å²) in [5, 5.41) is 5.40. The second-order valence-electron chi connectivity index (χ2n) is 18.0. The van der Waals surface area contributed by atoms with Gasteiger partial charge in [0.1, 0.15) is 0 Å². The molecule has 0 bridgehead atoms. The Morgan fingerprint density at radius 1 is 0.400 bits per heavy atom. The van der Waals surface area contributed by atoms with Gasteiger partial charge in [-0.05, 0) is 49.7 Å². The fourth-order valence-electron chi connectivity index (χ4n) is 7.41. The maximum atomic E-state index is 4.93. The van der Waals surface area contributed by atoms with E-state index in [2.05, 4.69) is 228 Å². The van der Waals surface area contributed by atoms with Crippen LogP contribution in [0.5, 0.6) is 0 Å².